The molecule has 0 atom stereocenters. The van der Waals surface area contributed by atoms with Gasteiger partial charge < -0.3 is 4.57 Å². The molecule has 0 radical (unpaired) electrons. The molecule has 0 amide bonds. The molecule has 3 nitrogen and oxygen atoms in total. The first kappa shape index (κ1) is 18.8. The van der Waals surface area contributed by atoms with Crippen molar-refractivity contribution in [1.82, 2.24) is 4.57 Å². The maximum atomic E-state index is 14.2. The highest BCUT2D eigenvalue weighted by Gasteiger charge is 2.20. The standard InChI is InChI=1S/C25H20FN3S/c26-22-10-4-1-7-17(22)15-29-16-18(19-8-2-5-11-23(19)29)14-28-25-21(13-27)20-9-3-6-12-24(20)30-25/h1-2,4-5,7-8,10-11,14,16H,3,6,9,12,15H2. The average molecular weight is 414 g/mol. The Morgan fingerprint density at radius 3 is 2.77 bits per heavy atom. The van der Waals surface area contributed by atoms with E-state index in [9.17, 15) is 9.65 Å². The third-order valence-corrected chi connectivity index (χ3v) is 6.90. The summed E-state index contributed by atoms with van der Waals surface area (Å²) in [6.07, 6.45) is 8.22. The van der Waals surface area contributed by atoms with Crippen molar-refractivity contribution in [1.29, 1.82) is 5.26 Å². The van der Waals surface area contributed by atoms with Crippen molar-refractivity contribution in [2.24, 2.45) is 4.99 Å². The van der Waals surface area contributed by atoms with E-state index in [1.807, 2.05) is 42.7 Å². The zero-order valence-electron chi connectivity index (χ0n) is 16.4. The van der Waals surface area contributed by atoms with E-state index in [0.717, 1.165) is 46.3 Å². The fourth-order valence-electron chi connectivity index (χ4n) is 4.20. The normalized spacial score (nSPS) is 13.6. The quantitative estimate of drug-likeness (QED) is 0.357. The van der Waals surface area contributed by atoms with Gasteiger partial charge in [0.15, 0.2) is 0 Å². The number of hydrogen-bond donors (Lipinski definition) is 0. The third-order valence-electron chi connectivity index (χ3n) is 5.70. The smallest absolute Gasteiger partial charge is 0.134 e. The van der Waals surface area contributed by atoms with Crippen LogP contribution in [0, 0.1) is 17.1 Å². The largest absolute Gasteiger partial charge is 0.342 e. The Hall–Kier alpha value is -3.23. The number of hydrogen-bond acceptors (Lipinski definition) is 3. The van der Waals surface area contributed by atoms with E-state index in [2.05, 4.69) is 16.7 Å². The Bertz CT molecular complexity index is 1310. The summed E-state index contributed by atoms with van der Waals surface area (Å²) in [7, 11) is 0. The number of rotatable bonds is 4. The molecular weight excluding hydrogens is 393 g/mol. The lowest BCUT2D eigenvalue weighted by molar-refractivity contribution is 0.602. The van der Waals surface area contributed by atoms with E-state index in [1.165, 1.54) is 22.9 Å². The number of aryl methyl sites for hydroxylation is 1. The van der Waals surface area contributed by atoms with Crippen LogP contribution in [-0.2, 0) is 19.4 Å². The molecule has 2 aromatic carbocycles. The van der Waals surface area contributed by atoms with Gasteiger partial charge in [0.1, 0.15) is 16.9 Å². The van der Waals surface area contributed by atoms with E-state index in [-0.39, 0.29) is 5.82 Å². The summed E-state index contributed by atoms with van der Waals surface area (Å²) in [6.45, 7) is 0.456. The summed E-state index contributed by atoms with van der Waals surface area (Å²) in [5, 5.41) is 11.5. The predicted octanol–water partition coefficient (Wildman–Crippen LogP) is 6.39. The second-order valence-electron chi connectivity index (χ2n) is 7.58. The molecule has 1 aliphatic rings. The number of para-hydroxylation sites is 1. The Kier molecular flexibility index (Phi) is 4.94. The fourth-order valence-corrected chi connectivity index (χ4v) is 5.39. The van der Waals surface area contributed by atoms with Crippen LogP contribution in [0.4, 0.5) is 9.39 Å². The van der Waals surface area contributed by atoms with Gasteiger partial charge in [0, 0.05) is 39.3 Å². The Morgan fingerprint density at radius 1 is 1.10 bits per heavy atom. The maximum absolute atomic E-state index is 14.2. The lowest BCUT2D eigenvalue weighted by atomic mass is 9.96. The van der Waals surface area contributed by atoms with Crippen molar-refractivity contribution in [3.05, 3.63) is 87.7 Å². The first-order chi connectivity index (χ1) is 14.7. The van der Waals surface area contributed by atoms with Gasteiger partial charge in [-0.25, -0.2) is 9.38 Å². The van der Waals surface area contributed by atoms with Gasteiger partial charge in [0.25, 0.3) is 0 Å². The van der Waals surface area contributed by atoms with Gasteiger partial charge in [-0.1, -0.05) is 36.4 Å². The van der Waals surface area contributed by atoms with E-state index >= 15 is 0 Å². The summed E-state index contributed by atoms with van der Waals surface area (Å²) < 4.78 is 16.2. The van der Waals surface area contributed by atoms with Crippen LogP contribution in [0.25, 0.3) is 10.9 Å². The molecule has 5 rings (SSSR count). The monoisotopic (exact) mass is 413 g/mol. The molecule has 0 fully saturated rings. The molecule has 0 saturated heterocycles. The van der Waals surface area contributed by atoms with Crippen molar-refractivity contribution in [2.45, 2.75) is 32.2 Å². The van der Waals surface area contributed by atoms with Crippen molar-refractivity contribution < 1.29 is 4.39 Å². The molecule has 2 heterocycles. The summed E-state index contributed by atoms with van der Waals surface area (Å²) in [5.74, 6) is -0.201. The lowest BCUT2D eigenvalue weighted by Crippen LogP contribution is -2.00. The van der Waals surface area contributed by atoms with Crippen LogP contribution in [0.15, 0.2) is 59.7 Å². The van der Waals surface area contributed by atoms with Gasteiger partial charge in [-0.3, -0.25) is 0 Å². The van der Waals surface area contributed by atoms with Gasteiger partial charge in [-0.05, 0) is 43.4 Å². The molecule has 148 valence electrons. The number of halogens is 1. The van der Waals surface area contributed by atoms with Gasteiger partial charge >= 0.3 is 0 Å². The minimum Gasteiger partial charge on any atom is -0.342 e. The van der Waals surface area contributed by atoms with Crippen LogP contribution >= 0.6 is 11.3 Å². The Balaban J connectivity index is 1.54. The van der Waals surface area contributed by atoms with E-state index in [1.54, 1.807) is 17.4 Å². The molecule has 5 heteroatoms. The molecule has 0 spiro atoms. The predicted molar refractivity (Wildman–Crippen MR) is 120 cm³/mol. The van der Waals surface area contributed by atoms with Gasteiger partial charge in [-0.2, -0.15) is 5.26 Å². The van der Waals surface area contributed by atoms with E-state index < -0.39 is 0 Å². The first-order valence-corrected chi connectivity index (χ1v) is 11.0. The average Bonchev–Trinajstić information content (AvgIpc) is 3.31. The maximum Gasteiger partial charge on any atom is 0.134 e. The SMILES string of the molecule is N#Cc1c(N=Cc2cn(Cc3ccccc3F)c3ccccc23)sc2c1CCCC2. The number of nitriles is 1. The van der Waals surface area contributed by atoms with Crippen LogP contribution in [0.3, 0.4) is 0 Å². The molecule has 0 unspecified atom stereocenters. The van der Waals surface area contributed by atoms with Crippen molar-refractivity contribution in [3.8, 4) is 6.07 Å². The number of aliphatic imine (C=N–C) groups is 1. The molecular formula is C25H20FN3S. The third kappa shape index (κ3) is 3.34. The molecule has 0 bridgehead atoms. The minimum absolute atomic E-state index is 0.201. The first-order valence-electron chi connectivity index (χ1n) is 10.1. The number of aromatic nitrogens is 1. The number of fused-ring (bicyclic) bond motifs is 2. The van der Waals surface area contributed by atoms with Crippen LogP contribution in [-0.4, -0.2) is 10.8 Å². The van der Waals surface area contributed by atoms with E-state index in [4.69, 9.17) is 4.99 Å². The number of thiophene rings is 1. The van der Waals surface area contributed by atoms with Crippen molar-refractivity contribution >= 4 is 33.5 Å². The zero-order valence-corrected chi connectivity index (χ0v) is 17.3. The zero-order chi connectivity index (χ0) is 20.5. The fraction of sp³-hybridized carbons (Fsp3) is 0.200. The minimum atomic E-state index is -0.201. The number of nitrogens with zero attached hydrogens (tertiary/aromatic N) is 3. The summed E-state index contributed by atoms with van der Waals surface area (Å²) in [6, 6.07) is 17.3. The summed E-state index contributed by atoms with van der Waals surface area (Å²) in [4.78, 5) is 6.04. The van der Waals surface area contributed by atoms with Crippen LogP contribution in [0.5, 0.6) is 0 Å². The lowest BCUT2D eigenvalue weighted by Gasteiger charge is -2.09. The van der Waals surface area contributed by atoms with Gasteiger partial charge in [0.05, 0.1) is 12.1 Å². The van der Waals surface area contributed by atoms with Gasteiger partial charge in [0.2, 0.25) is 0 Å². The molecule has 0 aliphatic heterocycles. The highest BCUT2D eigenvalue weighted by atomic mass is 32.1. The summed E-state index contributed by atoms with van der Waals surface area (Å²) >= 11 is 1.65. The molecule has 1 aliphatic carbocycles. The summed E-state index contributed by atoms with van der Waals surface area (Å²) in [5.41, 5.74) is 4.59. The van der Waals surface area contributed by atoms with E-state index in [0.29, 0.717) is 12.1 Å². The number of benzene rings is 2. The molecule has 0 N–H and O–H groups in total. The van der Waals surface area contributed by atoms with Crippen LogP contribution in [0.2, 0.25) is 0 Å². The second-order valence-corrected chi connectivity index (χ2v) is 8.67. The van der Waals surface area contributed by atoms with Gasteiger partial charge in [-0.15, -0.1) is 11.3 Å². The molecule has 2 aromatic heterocycles. The van der Waals surface area contributed by atoms with Crippen LogP contribution < -0.4 is 0 Å². The Morgan fingerprint density at radius 2 is 1.90 bits per heavy atom. The topological polar surface area (TPSA) is 41.1 Å². The van der Waals surface area contributed by atoms with Crippen molar-refractivity contribution in [3.63, 3.8) is 0 Å². The highest BCUT2D eigenvalue weighted by Crippen LogP contribution is 2.39. The van der Waals surface area contributed by atoms with Crippen LogP contribution in [0.1, 0.15) is 40.0 Å². The Labute approximate surface area is 178 Å². The highest BCUT2D eigenvalue weighted by molar-refractivity contribution is 7.16. The molecule has 30 heavy (non-hydrogen) atoms. The molecule has 4 aromatic rings. The molecule has 0 saturated carbocycles. The van der Waals surface area contributed by atoms with Crippen molar-refractivity contribution in [2.75, 3.05) is 0 Å². The second kappa shape index (κ2) is 7.89.